The molecule has 1 fully saturated rings. The maximum Gasteiger partial charge on any atom is 0.252 e. The fourth-order valence-electron chi connectivity index (χ4n) is 6.13. The van der Waals surface area contributed by atoms with Gasteiger partial charge in [0, 0.05) is 73.8 Å². The lowest BCUT2D eigenvalue weighted by Gasteiger charge is -2.36. The number of nitrogens with one attached hydrogen (secondary N) is 2. The third-order valence-corrected chi connectivity index (χ3v) is 8.36. The molecule has 0 saturated carbocycles. The first-order valence-electron chi connectivity index (χ1n) is 14.3. The zero-order valence-corrected chi connectivity index (χ0v) is 24.3. The van der Waals surface area contributed by atoms with Gasteiger partial charge in [-0.1, -0.05) is 6.08 Å². The molecule has 1 aromatic heterocycles. The molecule has 8 heteroatoms. The fraction of sp³-hybridized carbons (Fsp3) is 0.469. The molecule has 212 valence electrons. The van der Waals surface area contributed by atoms with Gasteiger partial charge in [-0.15, -0.1) is 0 Å². The molecule has 40 heavy (non-hydrogen) atoms. The van der Waals surface area contributed by atoms with Crippen molar-refractivity contribution in [3.63, 3.8) is 0 Å². The number of carbonyl (C=O) groups is 1. The molecule has 4 heterocycles. The van der Waals surface area contributed by atoms with Crippen LogP contribution >= 0.6 is 0 Å². The van der Waals surface area contributed by atoms with Gasteiger partial charge in [-0.3, -0.25) is 4.79 Å². The number of furan rings is 1. The Bertz CT molecular complexity index is 1450. The summed E-state index contributed by atoms with van der Waals surface area (Å²) < 4.78 is 12.1. The molecule has 3 aliphatic heterocycles. The van der Waals surface area contributed by atoms with Crippen LogP contribution in [0.2, 0.25) is 0 Å². The van der Waals surface area contributed by atoms with Crippen molar-refractivity contribution in [1.82, 2.24) is 15.5 Å². The number of allylic oxidation sites excluding steroid dienone is 3. The van der Waals surface area contributed by atoms with E-state index in [1.807, 2.05) is 38.9 Å². The van der Waals surface area contributed by atoms with Crippen LogP contribution in [-0.2, 0) is 9.53 Å². The van der Waals surface area contributed by atoms with Gasteiger partial charge < -0.3 is 29.6 Å². The minimum atomic E-state index is -0.186. The molecule has 5 rings (SSSR count). The van der Waals surface area contributed by atoms with Crippen LogP contribution in [0.5, 0.6) is 0 Å². The van der Waals surface area contributed by atoms with Crippen LogP contribution in [0.3, 0.4) is 0 Å². The number of anilines is 1. The summed E-state index contributed by atoms with van der Waals surface area (Å²) in [5.41, 5.74) is 7.36. The molecule has 0 spiro atoms. The number of dihydropyridines is 1. The van der Waals surface area contributed by atoms with Gasteiger partial charge in [0.1, 0.15) is 17.0 Å². The van der Waals surface area contributed by atoms with E-state index in [0.29, 0.717) is 22.9 Å². The summed E-state index contributed by atoms with van der Waals surface area (Å²) in [5.74, 6) is 2.63. The molecule has 0 atom stereocenters. The molecule has 0 radical (unpaired) electrons. The predicted octanol–water partition coefficient (Wildman–Crippen LogP) is 4.73. The Kier molecular flexibility index (Phi) is 8.31. The maximum absolute atomic E-state index is 14.0. The van der Waals surface area contributed by atoms with Crippen LogP contribution in [0.4, 0.5) is 5.69 Å². The third kappa shape index (κ3) is 5.52. The number of nitrogens with zero attached hydrogens (tertiary/aromatic N) is 2. The highest BCUT2D eigenvalue weighted by atomic mass is 16.5. The normalized spacial score (nSPS) is 18.8. The zero-order chi connectivity index (χ0) is 28.4. The van der Waals surface area contributed by atoms with E-state index in [-0.39, 0.29) is 12.5 Å². The molecule has 1 aromatic carbocycles. The number of likely N-dealkylation sites (N-methyl/N-ethyl adjacent to an activating group) is 1. The molecule has 0 unspecified atom stereocenters. The van der Waals surface area contributed by atoms with E-state index >= 15 is 0 Å². The summed E-state index contributed by atoms with van der Waals surface area (Å²) in [4.78, 5) is 30.3. The van der Waals surface area contributed by atoms with E-state index in [1.54, 1.807) is 0 Å². The Labute approximate surface area is 236 Å². The van der Waals surface area contributed by atoms with Crippen molar-refractivity contribution in [3.05, 3.63) is 63.7 Å². The van der Waals surface area contributed by atoms with Crippen LogP contribution in [0.15, 0.2) is 51.2 Å². The van der Waals surface area contributed by atoms with Crippen molar-refractivity contribution < 1.29 is 18.7 Å². The van der Waals surface area contributed by atoms with Gasteiger partial charge in [0.25, 0.3) is 5.91 Å². The van der Waals surface area contributed by atoms with Crippen molar-refractivity contribution in [3.8, 4) is 0 Å². The van der Waals surface area contributed by atoms with Crippen LogP contribution in [0.1, 0.15) is 61.7 Å². The van der Waals surface area contributed by atoms with E-state index in [1.165, 1.54) is 5.57 Å². The van der Waals surface area contributed by atoms with Crippen LogP contribution in [0.25, 0.3) is 16.5 Å². The second-order valence-electron chi connectivity index (χ2n) is 11.1. The van der Waals surface area contributed by atoms with Gasteiger partial charge in [0.2, 0.25) is 0 Å². The predicted molar refractivity (Wildman–Crippen MR) is 159 cm³/mol. The maximum atomic E-state index is 14.0. The van der Waals surface area contributed by atoms with Crippen molar-refractivity contribution in [2.75, 3.05) is 51.3 Å². The molecular formula is C32H40N4O4. The summed E-state index contributed by atoms with van der Waals surface area (Å²) in [7, 11) is 2.11. The Hall–Kier alpha value is -3.58. The number of ether oxygens (including phenoxy) is 1. The second-order valence-corrected chi connectivity index (χ2v) is 11.1. The van der Waals surface area contributed by atoms with Crippen LogP contribution in [0, 0.1) is 6.92 Å². The quantitative estimate of drug-likeness (QED) is 0.487. The second kappa shape index (κ2) is 11.9. The van der Waals surface area contributed by atoms with Crippen molar-refractivity contribution in [2.24, 2.45) is 0 Å². The molecular weight excluding hydrogens is 504 g/mol. The van der Waals surface area contributed by atoms with Gasteiger partial charge in [-0.05, 0) is 82.9 Å². The highest BCUT2D eigenvalue weighted by Crippen LogP contribution is 2.38. The molecule has 0 bridgehead atoms. The monoisotopic (exact) mass is 544 g/mol. The van der Waals surface area contributed by atoms with Gasteiger partial charge in [0.15, 0.2) is 5.94 Å². The van der Waals surface area contributed by atoms with Gasteiger partial charge in [-0.25, -0.2) is 4.79 Å². The lowest BCUT2D eigenvalue weighted by atomic mass is 9.97. The van der Waals surface area contributed by atoms with Gasteiger partial charge >= 0.3 is 0 Å². The topological polar surface area (TPSA) is 87.1 Å². The first-order valence-corrected chi connectivity index (χ1v) is 14.3. The smallest absolute Gasteiger partial charge is 0.252 e. The Morgan fingerprint density at radius 1 is 1.23 bits per heavy atom. The SMILES string of the molecule is CCN(c1cc2oc(C3=CCN(C)CC3)cc2c(C(=O)NCC2=C(C)C=C(C)NC2=C=O)c1C)C1CCOCC1. The highest BCUT2D eigenvalue weighted by Gasteiger charge is 2.28. The summed E-state index contributed by atoms with van der Waals surface area (Å²) in [6.45, 7) is 12.4. The summed E-state index contributed by atoms with van der Waals surface area (Å²) in [6, 6.07) is 4.48. The standard InChI is InChI=1S/C32H40N4O4/c1-6-36(24-9-13-39-14-10-24)28-17-30-25(16-29(40-30)23-7-11-35(5)12-8-23)31(22(28)4)32(38)33-18-26-20(2)15-21(3)34-27(26)19-37/h7,15-17,24,34H,6,8-14,18H2,1-5H3,(H,33,38). The number of hydrogen-bond donors (Lipinski definition) is 2. The summed E-state index contributed by atoms with van der Waals surface area (Å²) >= 11 is 0. The summed E-state index contributed by atoms with van der Waals surface area (Å²) in [5, 5.41) is 6.98. The molecule has 0 aliphatic carbocycles. The van der Waals surface area contributed by atoms with E-state index in [4.69, 9.17) is 9.15 Å². The average molecular weight is 545 g/mol. The largest absolute Gasteiger partial charge is 0.456 e. The molecule has 8 nitrogen and oxygen atoms in total. The minimum Gasteiger partial charge on any atom is -0.456 e. The Morgan fingerprint density at radius 2 is 2.00 bits per heavy atom. The zero-order valence-electron chi connectivity index (χ0n) is 24.3. The first-order chi connectivity index (χ1) is 19.3. The Balaban J connectivity index is 1.56. The number of carbonyl (C=O) groups excluding carboxylic acids is 2. The van der Waals surface area contributed by atoms with Crippen molar-refractivity contribution in [2.45, 2.75) is 53.0 Å². The fourth-order valence-corrected chi connectivity index (χ4v) is 6.13. The number of benzene rings is 1. The van der Waals surface area contributed by atoms with Gasteiger partial charge in [0.05, 0.1) is 5.56 Å². The average Bonchev–Trinajstić information content (AvgIpc) is 3.37. The molecule has 1 saturated heterocycles. The molecule has 2 N–H and O–H groups in total. The summed E-state index contributed by atoms with van der Waals surface area (Å²) in [6.07, 6.45) is 6.98. The Morgan fingerprint density at radius 3 is 2.67 bits per heavy atom. The molecule has 1 amide bonds. The van der Waals surface area contributed by atoms with Crippen molar-refractivity contribution in [1.29, 1.82) is 0 Å². The number of amides is 1. The highest BCUT2D eigenvalue weighted by molar-refractivity contribution is 6.10. The third-order valence-electron chi connectivity index (χ3n) is 8.36. The lowest BCUT2D eigenvalue weighted by Crippen LogP contribution is -2.40. The molecule has 2 aromatic rings. The molecule has 3 aliphatic rings. The van der Waals surface area contributed by atoms with Crippen LogP contribution in [-0.4, -0.2) is 69.2 Å². The van der Waals surface area contributed by atoms with E-state index in [0.717, 1.165) is 91.4 Å². The first kappa shape index (κ1) is 28.0. The van der Waals surface area contributed by atoms with E-state index < -0.39 is 0 Å². The van der Waals surface area contributed by atoms with E-state index in [2.05, 4.69) is 46.5 Å². The van der Waals surface area contributed by atoms with Crippen molar-refractivity contribution >= 4 is 34.1 Å². The van der Waals surface area contributed by atoms with E-state index in [9.17, 15) is 9.59 Å². The number of fused-ring (bicyclic) bond motifs is 1. The van der Waals surface area contributed by atoms with Crippen LogP contribution < -0.4 is 15.5 Å². The number of hydrogen-bond acceptors (Lipinski definition) is 7. The lowest BCUT2D eigenvalue weighted by molar-refractivity contribution is 0.0846. The van der Waals surface area contributed by atoms with Gasteiger partial charge in [-0.2, -0.15) is 0 Å². The minimum absolute atomic E-state index is 0.186. The number of rotatable bonds is 7.